The van der Waals surface area contributed by atoms with Crippen LogP contribution < -0.4 is 4.72 Å². The Morgan fingerprint density at radius 3 is 2.58 bits per heavy atom. The van der Waals surface area contributed by atoms with Gasteiger partial charge in [-0.3, -0.25) is 4.18 Å². The standard InChI is InChI=1S/C10H21NO7S/c1-6(2)17-10-9(13)8(12)4-7(18-10)5-11-19(14,15)16-3/h6-13H,4-5H2,1-3H3/t7-,8+,9+,10+/m0/s1. The second-order valence-corrected chi connectivity index (χ2v) is 6.10. The van der Waals surface area contributed by atoms with Crippen molar-refractivity contribution in [3.63, 3.8) is 0 Å². The first-order valence-electron chi connectivity index (χ1n) is 5.97. The van der Waals surface area contributed by atoms with E-state index in [4.69, 9.17) is 9.47 Å². The van der Waals surface area contributed by atoms with Crippen molar-refractivity contribution in [2.45, 2.75) is 51.0 Å². The summed E-state index contributed by atoms with van der Waals surface area (Å²) in [6, 6.07) is 0. The Labute approximate surface area is 112 Å². The number of nitrogens with one attached hydrogen (secondary N) is 1. The molecule has 1 heterocycles. The van der Waals surface area contributed by atoms with E-state index in [1.165, 1.54) is 0 Å². The van der Waals surface area contributed by atoms with Gasteiger partial charge in [0.15, 0.2) is 6.29 Å². The Hall–Kier alpha value is -0.290. The van der Waals surface area contributed by atoms with Crippen molar-refractivity contribution in [3.8, 4) is 0 Å². The molecule has 0 radical (unpaired) electrons. The molecule has 9 heteroatoms. The van der Waals surface area contributed by atoms with Crippen molar-refractivity contribution in [2.24, 2.45) is 0 Å². The summed E-state index contributed by atoms with van der Waals surface area (Å²) >= 11 is 0. The zero-order valence-electron chi connectivity index (χ0n) is 11.1. The van der Waals surface area contributed by atoms with Crippen LogP contribution in [0.3, 0.4) is 0 Å². The van der Waals surface area contributed by atoms with E-state index in [-0.39, 0.29) is 19.1 Å². The van der Waals surface area contributed by atoms with Crippen molar-refractivity contribution < 1.29 is 32.3 Å². The van der Waals surface area contributed by atoms with Crippen molar-refractivity contribution in [1.29, 1.82) is 0 Å². The minimum Gasteiger partial charge on any atom is -0.390 e. The molecular weight excluding hydrogens is 278 g/mol. The average molecular weight is 299 g/mol. The van der Waals surface area contributed by atoms with Gasteiger partial charge in [-0.1, -0.05) is 0 Å². The molecule has 0 aliphatic carbocycles. The minimum atomic E-state index is -3.81. The van der Waals surface area contributed by atoms with Gasteiger partial charge < -0.3 is 19.7 Å². The first kappa shape index (κ1) is 16.8. The molecule has 114 valence electrons. The van der Waals surface area contributed by atoms with Gasteiger partial charge >= 0.3 is 10.3 Å². The highest BCUT2D eigenvalue weighted by Crippen LogP contribution is 2.22. The lowest BCUT2D eigenvalue weighted by Gasteiger charge is -2.37. The smallest absolute Gasteiger partial charge is 0.335 e. The maximum atomic E-state index is 11.1. The summed E-state index contributed by atoms with van der Waals surface area (Å²) in [6.45, 7) is 3.46. The van der Waals surface area contributed by atoms with E-state index in [9.17, 15) is 18.6 Å². The third-order valence-corrected chi connectivity index (χ3v) is 3.58. The molecule has 1 rings (SSSR count). The summed E-state index contributed by atoms with van der Waals surface area (Å²) < 4.78 is 39.4. The summed E-state index contributed by atoms with van der Waals surface area (Å²) in [5, 5.41) is 19.4. The zero-order valence-corrected chi connectivity index (χ0v) is 12.0. The van der Waals surface area contributed by atoms with Crippen LogP contribution in [0.25, 0.3) is 0 Å². The van der Waals surface area contributed by atoms with Gasteiger partial charge in [0, 0.05) is 13.0 Å². The Balaban J connectivity index is 2.56. The summed E-state index contributed by atoms with van der Waals surface area (Å²) in [6.07, 6.45) is -3.87. The van der Waals surface area contributed by atoms with Crippen molar-refractivity contribution in [3.05, 3.63) is 0 Å². The predicted octanol–water partition coefficient (Wildman–Crippen LogP) is -1.27. The average Bonchev–Trinajstić information content (AvgIpc) is 2.32. The van der Waals surface area contributed by atoms with Crippen LogP contribution in [0.2, 0.25) is 0 Å². The largest absolute Gasteiger partial charge is 0.390 e. The molecule has 0 aromatic heterocycles. The molecule has 0 saturated carbocycles. The lowest BCUT2D eigenvalue weighted by Crippen LogP contribution is -2.52. The molecule has 0 amide bonds. The Kier molecular flexibility index (Phi) is 6.12. The third-order valence-electron chi connectivity index (χ3n) is 2.62. The van der Waals surface area contributed by atoms with Gasteiger partial charge in [-0.05, 0) is 13.8 Å². The summed E-state index contributed by atoms with van der Waals surface area (Å²) in [5.74, 6) is 0. The highest BCUT2D eigenvalue weighted by Gasteiger charge is 2.38. The van der Waals surface area contributed by atoms with Crippen LogP contribution in [-0.4, -0.2) is 63.0 Å². The van der Waals surface area contributed by atoms with Gasteiger partial charge in [0.05, 0.1) is 25.4 Å². The molecule has 1 fully saturated rings. The molecule has 0 spiro atoms. The van der Waals surface area contributed by atoms with E-state index in [2.05, 4.69) is 8.91 Å². The first-order valence-corrected chi connectivity index (χ1v) is 7.38. The predicted molar refractivity (Wildman–Crippen MR) is 65.4 cm³/mol. The van der Waals surface area contributed by atoms with Crippen LogP contribution in [0.4, 0.5) is 0 Å². The van der Waals surface area contributed by atoms with Crippen LogP contribution in [0.15, 0.2) is 0 Å². The van der Waals surface area contributed by atoms with E-state index >= 15 is 0 Å². The van der Waals surface area contributed by atoms with Gasteiger partial charge in [-0.15, -0.1) is 0 Å². The Morgan fingerprint density at radius 2 is 2.05 bits per heavy atom. The quantitative estimate of drug-likeness (QED) is 0.560. The summed E-state index contributed by atoms with van der Waals surface area (Å²) in [5.41, 5.74) is 0. The molecule has 0 unspecified atom stereocenters. The van der Waals surface area contributed by atoms with Gasteiger partial charge in [0.1, 0.15) is 6.10 Å². The molecule has 1 aliphatic rings. The molecular formula is C10H21NO7S. The van der Waals surface area contributed by atoms with Gasteiger partial charge in [-0.2, -0.15) is 13.1 Å². The van der Waals surface area contributed by atoms with Crippen molar-refractivity contribution in [2.75, 3.05) is 13.7 Å². The molecule has 8 nitrogen and oxygen atoms in total. The fraction of sp³-hybridized carbons (Fsp3) is 1.00. The molecule has 1 saturated heterocycles. The SMILES string of the molecule is COS(=O)(=O)NC[C@@H]1C[C@@H](O)[C@@H](O)[C@H](OC(C)C)O1. The minimum absolute atomic E-state index is 0.0715. The number of aliphatic hydroxyl groups is 2. The maximum absolute atomic E-state index is 11.1. The molecule has 0 bridgehead atoms. The highest BCUT2D eigenvalue weighted by atomic mass is 32.2. The molecule has 0 aromatic carbocycles. The van der Waals surface area contributed by atoms with Crippen LogP contribution in [0.1, 0.15) is 20.3 Å². The topological polar surface area (TPSA) is 114 Å². The highest BCUT2D eigenvalue weighted by molar-refractivity contribution is 7.84. The van der Waals surface area contributed by atoms with Gasteiger partial charge in [-0.25, -0.2) is 0 Å². The molecule has 1 aliphatic heterocycles. The second kappa shape index (κ2) is 6.93. The number of ether oxygens (including phenoxy) is 2. The summed E-state index contributed by atoms with van der Waals surface area (Å²) in [7, 11) is -2.77. The molecule has 0 aromatic rings. The van der Waals surface area contributed by atoms with Crippen molar-refractivity contribution in [1.82, 2.24) is 4.72 Å². The lowest BCUT2D eigenvalue weighted by atomic mass is 10.0. The Morgan fingerprint density at radius 1 is 1.42 bits per heavy atom. The second-order valence-electron chi connectivity index (χ2n) is 4.57. The molecule has 19 heavy (non-hydrogen) atoms. The van der Waals surface area contributed by atoms with E-state index in [1.807, 2.05) is 0 Å². The fourth-order valence-electron chi connectivity index (χ4n) is 1.68. The number of hydrogen-bond acceptors (Lipinski definition) is 7. The molecule has 4 atom stereocenters. The van der Waals surface area contributed by atoms with E-state index in [0.717, 1.165) is 7.11 Å². The van der Waals surface area contributed by atoms with Crippen molar-refractivity contribution >= 4 is 10.3 Å². The van der Waals surface area contributed by atoms with Gasteiger partial charge in [0.25, 0.3) is 0 Å². The summed E-state index contributed by atoms with van der Waals surface area (Å²) in [4.78, 5) is 0. The van der Waals surface area contributed by atoms with E-state index in [1.54, 1.807) is 13.8 Å². The van der Waals surface area contributed by atoms with Gasteiger partial charge in [0.2, 0.25) is 0 Å². The third kappa shape index (κ3) is 5.30. The van der Waals surface area contributed by atoms with E-state index in [0.29, 0.717) is 0 Å². The molecule has 3 N–H and O–H groups in total. The Bertz CT molecular complexity index is 372. The number of aliphatic hydroxyl groups excluding tert-OH is 2. The maximum Gasteiger partial charge on any atom is 0.335 e. The number of rotatable bonds is 6. The monoisotopic (exact) mass is 299 g/mol. The van der Waals surface area contributed by atoms with Crippen LogP contribution >= 0.6 is 0 Å². The first-order chi connectivity index (χ1) is 8.75. The van der Waals surface area contributed by atoms with Crippen LogP contribution in [0, 0.1) is 0 Å². The van der Waals surface area contributed by atoms with Crippen LogP contribution in [0.5, 0.6) is 0 Å². The van der Waals surface area contributed by atoms with Crippen LogP contribution in [-0.2, 0) is 24.0 Å². The zero-order chi connectivity index (χ0) is 14.6. The lowest BCUT2D eigenvalue weighted by molar-refractivity contribution is -0.275. The fourth-order valence-corrected chi connectivity index (χ4v) is 2.19. The van der Waals surface area contributed by atoms with E-state index < -0.39 is 34.9 Å². The number of hydrogen-bond donors (Lipinski definition) is 3. The normalized spacial score (nSPS) is 32.7.